The van der Waals surface area contributed by atoms with Crippen LogP contribution in [0.5, 0.6) is 0 Å². The summed E-state index contributed by atoms with van der Waals surface area (Å²) in [6.45, 7) is 8.29. The van der Waals surface area contributed by atoms with Gasteiger partial charge in [0.25, 0.3) is 0 Å². The number of ether oxygens (including phenoxy) is 1. The largest absolute Gasteiger partial charge is 0.375 e. The number of anilines is 1. The second kappa shape index (κ2) is 12.3. The molecule has 0 aliphatic carbocycles. The van der Waals surface area contributed by atoms with Gasteiger partial charge in [-0.15, -0.1) is 24.0 Å². The first kappa shape index (κ1) is 22.0. The van der Waals surface area contributed by atoms with Gasteiger partial charge in [0.15, 0.2) is 5.96 Å². The summed E-state index contributed by atoms with van der Waals surface area (Å²) in [6.07, 6.45) is 7.04. The van der Waals surface area contributed by atoms with Gasteiger partial charge in [0, 0.05) is 25.8 Å². The average Bonchev–Trinajstić information content (AvgIpc) is 2.60. The third-order valence-electron chi connectivity index (χ3n) is 4.14. The standard InChI is InChI=1S/C18H31N5O.HI/c1-3-4-5-6-9-20-18(19)22-13-16-7-8-17(21-12-16)23-10-11-24-15(2)14-23;/h7-8,12,15H,3-6,9-11,13-14H2,1-2H3,(H3,19,20,22);1H. The van der Waals surface area contributed by atoms with Gasteiger partial charge in [-0.3, -0.25) is 0 Å². The van der Waals surface area contributed by atoms with E-state index in [9.17, 15) is 0 Å². The van der Waals surface area contributed by atoms with Crippen LogP contribution in [0.25, 0.3) is 0 Å². The number of nitrogens with one attached hydrogen (secondary N) is 1. The van der Waals surface area contributed by atoms with Gasteiger partial charge in [0.2, 0.25) is 0 Å². The lowest BCUT2D eigenvalue weighted by molar-refractivity contribution is 0.0529. The van der Waals surface area contributed by atoms with Crippen molar-refractivity contribution in [2.75, 3.05) is 31.1 Å². The second-order valence-electron chi connectivity index (χ2n) is 6.34. The van der Waals surface area contributed by atoms with Gasteiger partial charge < -0.3 is 20.7 Å². The Hall–Kier alpha value is -1.09. The van der Waals surface area contributed by atoms with Crippen LogP contribution in [-0.2, 0) is 11.3 Å². The molecule has 142 valence electrons. The number of nitrogens with zero attached hydrogens (tertiary/aromatic N) is 3. The SMILES string of the molecule is CCCCCCNC(N)=NCc1ccc(N2CCOC(C)C2)nc1.I. The summed E-state index contributed by atoms with van der Waals surface area (Å²) in [4.78, 5) is 11.2. The van der Waals surface area contributed by atoms with E-state index in [0.717, 1.165) is 44.0 Å². The summed E-state index contributed by atoms with van der Waals surface area (Å²) in [6, 6.07) is 4.12. The van der Waals surface area contributed by atoms with Gasteiger partial charge in [0.05, 0.1) is 19.3 Å². The summed E-state index contributed by atoms with van der Waals surface area (Å²) in [5, 5.41) is 3.16. The molecule has 0 amide bonds. The molecule has 1 aliphatic heterocycles. The zero-order valence-electron chi connectivity index (χ0n) is 15.4. The number of rotatable bonds is 8. The molecular weight excluding hydrogens is 429 g/mol. The number of morpholine rings is 1. The van der Waals surface area contributed by atoms with Crippen molar-refractivity contribution in [3.8, 4) is 0 Å². The molecule has 0 bridgehead atoms. The van der Waals surface area contributed by atoms with Crippen molar-refractivity contribution in [1.29, 1.82) is 0 Å². The molecule has 1 atom stereocenters. The molecule has 1 unspecified atom stereocenters. The Bertz CT molecular complexity index is 509. The maximum Gasteiger partial charge on any atom is 0.188 e. The molecule has 25 heavy (non-hydrogen) atoms. The molecule has 6 nitrogen and oxygen atoms in total. The summed E-state index contributed by atoms with van der Waals surface area (Å²) in [5.74, 6) is 1.51. The van der Waals surface area contributed by atoms with Crippen LogP contribution < -0.4 is 16.0 Å². The molecule has 3 N–H and O–H groups in total. The highest BCUT2D eigenvalue weighted by Gasteiger charge is 2.17. The van der Waals surface area contributed by atoms with Crippen LogP contribution in [0.15, 0.2) is 23.3 Å². The summed E-state index contributed by atoms with van der Waals surface area (Å²) < 4.78 is 5.56. The minimum absolute atomic E-state index is 0. The Kier molecular flexibility index (Phi) is 10.8. The highest BCUT2D eigenvalue weighted by molar-refractivity contribution is 14.0. The van der Waals surface area contributed by atoms with E-state index in [1.165, 1.54) is 19.3 Å². The fraction of sp³-hybridized carbons (Fsp3) is 0.667. The van der Waals surface area contributed by atoms with Gasteiger partial charge >= 0.3 is 0 Å². The quantitative estimate of drug-likeness (QED) is 0.270. The number of hydrogen-bond donors (Lipinski definition) is 2. The monoisotopic (exact) mass is 461 g/mol. The van der Waals surface area contributed by atoms with Crippen molar-refractivity contribution < 1.29 is 4.74 Å². The van der Waals surface area contributed by atoms with Crippen LogP contribution in [0.3, 0.4) is 0 Å². The fourth-order valence-electron chi connectivity index (χ4n) is 2.72. The highest BCUT2D eigenvalue weighted by atomic mass is 127. The van der Waals surface area contributed by atoms with Gasteiger partial charge in [-0.1, -0.05) is 32.3 Å². The fourth-order valence-corrected chi connectivity index (χ4v) is 2.72. The maximum atomic E-state index is 5.89. The zero-order chi connectivity index (χ0) is 17.2. The van der Waals surface area contributed by atoms with Crippen molar-refractivity contribution in [2.24, 2.45) is 10.7 Å². The molecule has 0 saturated carbocycles. The highest BCUT2D eigenvalue weighted by Crippen LogP contribution is 2.15. The van der Waals surface area contributed by atoms with Gasteiger partial charge in [-0.05, 0) is 25.0 Å². The number of nitrogens with two attached hydrogens (primary N) is 1. The predicted octanol–water partition coefficient (Wildman–Crippen LogP) is 2.91. The Balaban J connectivity index is 0.00000312. The van der Waals surface area contributed by atoms with E-state index in [1.54, 1.807) is 0 Å². The van der Waals surface area contributed by atoms with Crippen molar-refractivity contribution in [2.45, 2.75) is 52.2 Å². The van der Waals surface area contributed by atoms with Crippen LogP contribution in [-0.4, -0.2) is 43.3 Å². The van der Waals surface area contributed by atoms with Crippen molar-refractivity contribution in [1.82, 2.24) is 10.3 Å². The third kappa shape index (κ3) is 8.22. The molecule has 2 heterocycles. The minimum atomic E-state index is 0. The lowest BCUT2D eigenvalue weighted by Gasteiger charge is -2.32. The third-order valence-corrected chi connectivity index (χ3v) is 4.14. The molecule has 0 radical (unpaired) electrons. The number of aliphatic imine (C=N–C) groups is 1. The molecule has 2 rings (SSSR count). The number of halogens is 1. The van der Waals surface area contributed by atoms with E-state index < -0.39 is 0 Å². The zero-order valence-corrected chi connectivity index (χ0v) is 17.7. The second-order valence-corrected chi connectivity index (χ2v) is 6.34. The van der Waals surface area contributed by atoms with E-state index in [2.05, 4.69) is 46.2 Å². The lowest BCUT2D eigenvalue weighted by Crippen LogP contribution is -2.41. The first-order valence-corrected chi connectivity index (χ1v) is 9.04. The maximum absolute atomic E-state index is 5.89. The average molecular weight is 461 g/mol. The van der Waals surface area contributed by atoms with Gasteiger partial charge in [-0.2, -0.15) is 0 Å². The van der Waals surface area contributed by atoms with Crippen LogP contribution in [0, 0.1) is 0 Å². The smallest absolute Gasteiger partial charge is 0.188 e. The Morgan fingerprint density at radius 1 is 1.40 bits per heavy atom. The normalized spacial score (nSPS) is 17.9. The molecule has 1 aliphatic rings. The summed E-state index contributed by atoms with van der Waals surface area (Å²) in [7, 11) is 0. The Labute approximate surface area is 168 Å². The topological polar surface area (TPSA) is 75.8 Å². The van der Waals surface area contributed by atoms with E-state index in [-0.39, 0.29) is 30.1 Å². The number of unbranched alkanes of at least 4 members (excludes halogenated alkanes) is 3. The van der Waals surface area contributed by atoms with Crippen LogP contribution in [0.1, 0.15) is 45.1 Å². The predicted molar refractivity (Wildman–Crippen MR) is 115 cm³/mol. The molecule has 0 aromatic carbocycles. The van der Waals surface area contributed by atoms with Crippen molar-refractivity contribution in [3.63, 3.8) is 0 Å². The minimum Gasteiger partial charge on any atom is -0.375 e. The summed E-state index contributed by atoms with van der Waals surface area (Å²) in [5.41, 5.74) is 6.96. The number of hydrogen-bond acceptors (Lipinski definition) is 4. The van der Waals surface area contributed by atoms with Gasteiger partial charge in [-0.25, -0.2) is 9.98 Å². The first-order valence-electron chi connectivity index (χ1n) is 9.04. The van der Waals surface area contributed by atoms with Crippen molar-refractivity contribution in [3.05, 3.63) is 23.9 Å². The number of pyridine rings is 1. The van der Waals surface area contributed by atoms with Gasteiger partial charge in [0.1, 0.15) is 5.82 Å². The van der Waals surface area contributed by atoms with Crippen LogP contribution in [0.4, 0.5) is 5.82 Å². The van der Waals surface area contributed by atoms with Crippen LogP contribution >= 0.6 is 24.0 Å². The lowest BCUT2D eigenvalue weighted by atomic mass is 10.2. The van der Waals surface area contributed by atoms with Crippen LogP contribution in [0.2, 0.25) is 0 Å². The summed E-state index contributed by atoms with van der Waals surface area (Å²) >= 11 is 0. The first-order chi connectivity index (χ1) is 11.7. The van der Waals surface area contributed by atoms with E-state index >= 15 is 0 Å². The van der Waals surface area contributed by atoms with Crippen molar-refractivity contribution >= 4 is 35.8 Å². The molecule has 7 heteroatoms. The van der Waals surface area contributed by atoms with E-state index in [0.29, 0.717) is 12.5 Å². The Morgan fingerprint density at radius 3 is 2.92 bits per heavy atom. The molecule has 1 aromatic heterocycles. The molecule has 1 fully saturated rings. The Morgan fingerprint density at radius 2 is 2.24 bits per heavy atom. The number of guanidine groups is 1. The van der Waals surface area contributed by atoms with E-state index in [4.69, 9.17) is 10.5 Å². The molecule has 1 aromatic rings. The molecular formula is C18H32IN5O. The molecule has 0 spiro atoms. The van der Waals surface area contributed by atoms with E-state index in [1.807, 2.05) is 6.20 Å². The molecule has 1 saturated heterocycles. The number of aromatic nitrogens is 1.